The molecule has 4 nitrogen and oxygen atoms in total. The number of likely N-dealkylation sites (N-methyl/N-ethyl adjacent to an activating group) is 1. The van der Waals surface area contributed by atoms with Crippen molar-refractivity contribution in [3.05, 3.63) is 0 Å². The molecule has 0 aliphatic heterocycles. The summed E-state index contributed by atoms with van der Waals surface area (Å²) in [6.45, 7) is 2.65. The minimum absolute atomic E-state index is 0.153. The molecule has 0 heterocycles. The summed E-state index contributed by atoms with van der Waals surface area (Å²) in [5, 5.41) is 9.58. The first-order chi connectivity index (χ1) is 7.49. The first kappa shape index (κ1) is 13.5. The Hall–Kier alpha value is -0.610. The van der Waals surface area contributed by atoms with Crippen LogP contribution in [0.4, 0.5) is 0 Å². The van der Waals surface area contributed by atoms with Gasteiger partial charge in [0.1, 0.15) is 0 Å². The van der Waals surface area contributed by atoms with Crippen LogP contribution in [0.25, 0.3) is 0 Å². The van der Waals surface area contributed by atoms with Gasteiger partial charge in [0.15, 0.2) is 0 Å². The summed E-state index contributed by atoms with van der Waals surface area (Å²) in [6, 6.07) is 0. The molecular formula is C12H23NO3. The van der Waals surface area contributed by atoms with Crippen LogP contribution in [0.2, 0.25) is 0 Å². The van der Waals surface area contributed by atoms with Crippen LogP contribution in [0.5, 0.6) is 0 Å². The Morgan fingerprint density at radius 1 is 1.50 bits per heavy atom. The van der Waals surface area contributed by atoms with Crippen LogP contribution in [0.15, 0.2) is 0 Å². The molecule has 0 aromatic carbocycles. The summed E-state index contributed by atoms with van der Waals surface area (Å²) in [5.74, 6) is 0.153. The van der Waals surface area contributed by atoms with Crippen LogP contribution in [0.1, 0.15) is 32.6 Å². The lowest BCUT2D eigenvalue weighted by atomic mass is 9.87. The normalized spacial score (nSPS) is 20.8. The Bertz CT molecular complexity index is 236. The Kier molecular flexibility index (Phi) is 4.74. The van der Waals surface area contributed by atoms with Gasteiger partial charge in [-0.3, -0.25) is 4.79 Å². The molecule has 0 aromatic heterocycles. The maximum absolute atomic E-state index is 12.2. The molecular weight excluding hydrogens is 206 g/mol. The molecule has 1 rings (SSSR count). The van der Waals surface area contributed by atoms with Gasteiger partial charge in [-0.25, -0.2) is 0 Å². The second kappa shape index (κ2) is 5.64. The molecule has 4 heteroatoms. The van der Waals surface area contributed by atoms with E-state index in [9.17, 15) is 9.90 Å². The van der Waals surface area contributed by atoms with Crippen molar-refractivity contribution in [1.29, 1.82) is 0 Å². The fraction of sp³-hybridized carbons (Fsp3) is 0.917. The third kappa shape index (κ3) is 3.19. The summed E-state index contributed by atoms with van der Waals surface area (Å²) in [7, 11) is 3.30. The first-order valence-electron chi connectivity index (χ1n) is 5.92. The Morgan fingerprint density at radius 3 is 2.56 bits per heavy atom. The molecule has 1 aliphatic rings. The molecule has 0 spiro atoms. The smallest absolute Gasteiger partial charge is 0.228 e. The summed E-state index contributed by atoms with van der Waals surface area (Å²) >= 11 is 0. The van der Waals surface area contributed by atoms with Gasteiger partial charge in [-0.15, -0.1) is 0 Å². The largest absolute Gasteiger partial charge is 0.389 e. The van der Waals surface area contributed by atoms with Crippen LogP contribution in [-0.4, -0.2) is 49.3 Å². The van der Waals surface area contributed by atoms with E-state index >= 15 is 0 Å². The predicted octanol–water partition coefficient (Wildman–Crippen LogP) is 1.03. The standard InChI is InChI=1S/C12H23NO3/c1-12(6-4-5-7-12)11(15)13(2)8-10(14)9-16-3/h10,14H,4-9H2,1-3H3. The van der Waals surface area contributed by atoms with Crippen molar-refractivity contribution in [2.75, 3.05) is 27.3 Å². The Balaban J connectivity index is 2.46. The zero-order valence-electron chi connectivity index (χ0n) is 10.5. The van der Waals surface area contributed by atoms with Crippen molar-refractivity contribution in [3.63, 3.8) is 0 Å². The highest BCUT2D eigenvalue weighted by molar-refractivity contribution is 5.82. The van der Waals surface area contributed by atoms with Gasteiger partial charge in [-0.2, -0.15) is 0 Å². The molecule has 1 fully saturated rings. The molecule has 1 saturated carbocycles. The monoisotopic (exact) mass is 229 g/mol. The van der Waals surface area contributed by atoms with E-state index in [-0.39, 0.29) is 17.9 Å². The van der Waals surface area contributed by atoms with E-state index in [1.54, 1.807) is 19.1 Å². The highest BCUT2D eigenvalue weighted by atomic mass is 16.5. The van der Waals surface area contributed by atoms with E-state index in [4.69, 9.17) is 4.74 Å². The van der Waals surface area contributed by atoms with E-state index in [0.717, 1.165) is 25.7 Å². The summed E-state index contributed by atoms with van der Waals surface area (Å²) in [6.07, 6.45) is 3.62. The zero-order valence-corrected chi connectivity index (χ0v) is 10.5. The highest BCUT2D eigenvalue weighted by Crippen LogP contribution is 2.38. The van der Waals surface area contributed by atoms with Crippen molar-refractivity contribution >= 4 is 5.91 Å². The van der Waals surface area contributed by atoms with Crippen molar-refractivity contribution in [3.8, 4) is 0 Å². The number of carbonyl (C=O) groups is 1. The van der Waals surface area contributed by atoms with Gasteiger partial charge in [0.25, 0.3) is 0 Å². The van der Waals surface area contributed by atoms with Crippen LogP contribution in [0.3, 0.4) is 0 Å². The number of ether oxygens (including phenoxy) is 1. The van der Waals surface area contributed by atoms with Gasteiger partial charge < -0.3 is 14.7 Å². The van der Waals surface area contributed by atoms with Gasteiger partial charge in [0, 0.05) is 26.1 Å². The molecule has 1 unspecified atom stereocenters. The fourth-order valence-corrected chi connectivity index (χ4v) is 2.47. The highest BCUT2D eigenvalue weighted by Gasteiger charge is 2.38. The zero-order chi connectivity index (χ0) is 12.2. The lowest BCUT2D eigenvalue weighted by Crippen LogP contribution is -2.43. The van der Waals surface area contributed by atoms with E-state index in [1.807, 2.05) is 6.92 Å². The summed E-state index contributed by atoms with van der Waals surface area (Å²) in [4.78, 5) is 13.8. The van der Waals surface area contributed by atoms with Crippen LogP contribution < -0.4 is 0 Å². The molecule has 94 valence electrons. The quantitative estimate of drug-likeness (QED) is 0.766. The third-order valence-corrected chi connectivity index (χ3v) is 3.41. The van der Waals surface area contributed by atoms with Crippen molar-refractivity contribution < 1.29 is 14.6 Å². The maximum atomic E-state index is 12.2. The van der Waals surface area contributed by atoms with Gasteiger partial charge in [0.2, 0.25) is 5.91 Å². The number of methoxy groups -OCH3 is 1. The Morgan fingerprint density at radius 2 is 2.06 bits per heavy atom. The third-order valence-electron chi connectivity index (χ3n) is 3.41. The Labute approximate surface area is 97.6 Å². The second-order valence-corrected chi connectivity index (χ2v) is 5.06. The molecule has 0 bridgehead atoms. The minimum atomic E-state index is -0.594. The van der Waals surface area contributed by atoms with Crippen molar-refractivity contribution in [2.24, 2.45) is 5.41 Å². The van der Waals surface area contributed by atoms with Crippen LogP contribution in [-0.2, 0) is 9.53 Å². The van der Waals surface area contributed by atoms with E-state index in [0.29, 0.717) is 6.54 Å². The number of carbonyl (C=O) groups excluding carboxylic acids is 1. The average molecular weight is 229 g/mol. The fourth-order valence-electron chi connectivity index (χ4n) is 2.47. The van der Waals surface area contributed by atoms with Gasteiger partial charge in [-0.1, -0.05) is 19.8 Å². The predicted molar refractivity (Wildman–Crippen MR) is 62.1 cm³/mol. The summed E-state index contributed by atoms with van der Waals surface area (Å²) < 4.78 is 4.85. The molecule has 1 amide bonds. The molecule has 1 N–H and O–H groups in total. The lowest BCUT2D eigenvalue weighted by Gasteiger charge is -2.30. The number of hydrogen-bond donors (Lipinski definition) is 1. The van der Waals surface area contributed by atoms with Crippen molar-refractivity contribution in [2.45, 2.75) is 38.7 Å². The first-order valence-corrected chi connectivity index (χ1v) is 5.92. The number of nitrogens with zero attached hydrogens (tertiary/aromatic N) is 1. The lowest BCUT2D eigenvalue weighted by molar-refractivity contribution is -0.141. The number of hydrogen-bond acceptors (Lipinski definition) is 3. The molecule has 0 saturated heterocycles. The van der Waals surface area contributed by atoms with E-state index in [1.165, 1.54) is 0 Å². The summed E-state index contributed by atoms with van der Waals surface area (Å²) in [5.41, 5.74) is -0.207. The number of amides is 1. The average Bonchev–Trinajstić information content (AvgIpc) is 2.65. The van der Waals surface area contributed by atoms with Gasteiger partial charge in [-0.05, 0) is 12.8 Å². The van der Waals surface area contributed by atoms with E-state index in [2.05, 4.69) is 0 Å². The second-order valence-electron chi connectivity index (χ2n) is 5.06. The van der Waals surface area contributed by atoms with Crippen molar-refractivity contribution in [1.82, 2.24) is 4.90 Å². The SMILES string of the molecule is COCC(O)CN(C)C(=O)C1(C)CCCC1. The van der Waals surface area contributed by atoms with Crippen LogP contribution in [0, 0.1) is 5.41 Å². The molecule has 1 aliphatic carbocycles. The molecule has 16 heavy (non-hydrogen) atoms. The number of rotatable bonds is 5. The maximum Gasteiger partial charge on any atom is 0.228 e. The van der Waals surface area contributed by atoms with Gasteiger partial charge in [0.05, 0.1) is 12.7 Å². The number of aliphatic hydroxyl groups excluding tert-OH is 1. The minimum Gasteiger partial charge on any atom is -0.389 e. The number of aliphatic hydroxyl groups is 1. The van der Waals surface area contributed by atoms with Gasteiger partial charge >= 0.3 is 0 Å². The topological polar surface area (TPSA) is 49.8 Å². The van der Waals surface area contributed by atoms with E-state index < -0.39 is 6.10 Å². The molecule has 0 aromatic rings. The molecule has 0 radical (unpaired) electrons. The van der Waals surface area contributed by atoms with Crippen LogP contribution >= 0.6 is 0 Å². The molecule has 1 atom stereocenters.